The van der Waals surface area contributed by atoms with E-state index in [2.05, 4.69) is 4.72 Å². The lowest BCUT2D eigenvalue weighted by molar-refractivity contribution is -0.116. The third-order valence-corrected chi connectivity index (χ3v) is 10.3. The Hall–Kier alpha value is -2.64. The Labute approximate surface area is 187 Å². The predicted molar refractivity (Wildman–Crippen MR) is 120 cm³/mol. The Morgan fingerprint density at radius 2 is 1.69 bits per heavy atom. The summed E-state index contributed by atoms with van der Waals surface area (Å²) in [6.45, 7) is 1.86. The largest absolute Gasteiger partial charge is 0.280 e. The number of rotatable bonds is 5. The Bertz CT molecular complexity index is 1420. The van der Waals surface area contributed by atoms with Crippen LogP contribution in [0.2, 0.25) is 0 Å². The van der Waals surface area contributed by atoms with Crippen LogP contribution in [0.4, 0.5) is 17.1 Å². The number of sulfonamides is 3. The highest BCUT2D eigenvalue weighted by Crippen LogP contribution is 2.31. The highest BCUT2D eigenvalue weighted by molar-refractivity contribution is 7.94. The minimum absolute atomic E-state index is 0.0348. The van der Waals surface area contributed by atoms with Crippen molar-refractivity contribution in [2.24, 2.45) is 0 Å². The highest BCUT2D eigenvalue weighted by Gasteiger charge is 2.37. The van der Waals surface area contributed by atoms with E-state index in [4.69, 9.17) is 0 Å². The summed E-state index contributed by atoms with van der Waals surface area (Å²) in [5.74, 6) is -0.913. The van der Waals surface area contributed by atoms with Crippen molar-refractivity contribution >= 4 is 53.0 Å². The van der Waals surface area contributed by atoms with Gasteiger partial charge >= 0.3 is 0 Å². The van der Waals surface area contributed by atoms with Crippen molar-refractivity contribution in [3.05, 3.63) is 48.0 Å². The summed E-state index contributed by atoms with van der Waals surface area (Å²) in [5.41, 5.74) is 0.806. The van der Waals surface area contributed by atoms with Crippen LogP contribution >= 0.6 is 0 Å². The van der Waals surface area contributed by atoms with Gasteiger partial charge in [-0.1, -0.05) is 12.1 Å². The molecule has 0 aliphatic carbocycles. The fourth-order valence-corrected chi connectivity index (χ4v) is 8.06. The standard InChI is InChI=1S/C19H21N3O7S3/c1-14-6-7-17(22-19(23)8-11-31(22,26)27)13-18(14)32(28,29)20-15-4-2-5-16(12-15)21-9-3-10-30(21,24)25/h2,4-7,12-13,20H,3,8-11H2,1H3. The van der Waals surface area contributed by atoms with Crippen molar-refractivity contribution in [1.29, 1.82) is 0 Å². The minimum Gasteiger partial charge on any atom is -0.280 e. The van der Waals surface area contributed by atoms with Crippen molar-refractivity contribution in [2.75, 3.05) is 31.4 Å². The number of hydrogen-bond donors (Lipinski definition) is 1. The Kier molecular flexibility index (Phi) is 5.46. The van der Waals surface area contributed by atoms with E-state index in [0.717, 1.165) is 6.07 Å². The first-order valence-corrected chi connectivity index (χ1v) is 14.4. The van der Waals surface area contributed by atoms with Crippen LogP contribution < -0.4 is 13.3 Å². The maximum atomic E-state index is 13.1. The van der Waals surface area contributed by atoms with Gasteiger partial charge in [-0.15, -0.1) is 0 Å². The molecule has 172 valence electrons. The summed E-state index contributed by atoms with van der Waals surface area (Å²) in [5, 5.41) is 0. The smallest absolute Gasteiger partial charge is 0.262 e. The number of aryl methyl sites for hydroxylation is 1. The van der Waals surface area contributed by atoms with E-state index in [-0.39, 0.29) is 34.2 Å². The van der Waals surface area contributed by atoms with Crippen molar-refractivity contribution in [3.63, 3.8) is 0 Å². The number of hydrogen-bond acceptors (Lipinski definition) is 7. The van der Waals surface area contributed by atoms with E-state index in [9.17, 15) is 30.0 Å². The second-order valence-corrected chi connectivity index (χ2v) is 13.2. The molecule has 2 fully saturated rings. The molecule has 0 spiro atoms. The number of anilines is 3. The molecule has 2 aromatic rings. The highest BCUT2D eigenvalue weighted by atomic mass is 32.2. The van der Waals surface area contributed by atoms with Crippen LogP contribution in [0.15, 0.2) is 47.4 Å². The van der Waals surface area contributed by atoms with Crippen molar-refractivity contribution < 1.29 is 30.0 Å². The fourth-order valence-electron chi connectivity index (χ4n) is 3.74. The van der Waals surface area contributed by atoms with Gasteiger partial charge in [0.15, 0.2) is 0 Å². The molecule has 13 heteroatoms. The lowest BCUT2D eigenvalue weighted by Gasteiger charge is -2.19. The van der Waals surface area contributed by atoms with Gasteiger partial charge < -0.3 is 0 Å². The number of carbonyl (C=O) groups is 1. The molecule has 2 aliphatic heterocycles. The topological polar surface area (TPSA) is 138 Å². The van der Waals surface area contributed by atoms with Gasteiger partial charge in [-0.05, 0) is 49.2 Å². The Morgan fingerprint density at radius 1 is 0.938 bits per heavy atom. The summed E-state index contributed by atoms with van der Waals surface area (Å²) >= 11 is 0. The number of benzene rings is 2. The molecule has 0 atom stereocenters. The lowest BCUT2D eigenvalue weighted by Crippen LogP contribution is -2.29. The van der Waals surface area contributed by atoms with E-state index < -0.39 is 36.0 Å². The molecule has 0 bridgehead atoms. The summed E-state index contributed by atoms with van der Waals surface area (Å²) in [7, 11) is -11.4. The van der Waals surface area contributed by atoms with Crippen LogP contribution in [-0.2, 0) is 34.9 Å². The van der Waals surface area contributed by atoms with E-state index in [1.54, 1.807) is 19.1 Å². The molecule has 0 aromatic heterocycles. The minimum atomic E-state index is -4.17. The van der Waals surface area contributed by atoms with Crippen molar-refractivity contribution in [2.45, 2.75) is 24.7 Å². The van der Waals surface area contributed by atoms with E-state index >= 15 is 0 Å². The zero-order valence-corrected chi connectivity index (χ0v) is 19.5. The number of carbonyl (C=O) groups excluding carboxylic acids is 1. The second-order valence-electron chi connectivity index (χ2n) is 7.57. The molecule has 2 heterocycles. The van der Waals surface area contributed by atoms with E-state index in [1.807, 2.05) is 0 Å². The van der Waals surface area contributed by atoms with Gasteiger partial charge in [0, 0.05) is 13.0 Å². The first kappa shape index (κ1) is 22.6. The lowest BCUT2D eigenvalue weighted by atomic mass is 10.2. The molecule has 1 amide bonds. The van der Waals surface area contributed by atoms with Crippen LogP contribution in [0.1, 0.15) is 18.4 Å². The summed E-state index contributed by atoms with van der Waals surface area (Å²) in [6, 6.07) is 9.99. The number of nitrogens with zero attached hydrogens (tertiary/aromatic N) is 2. The van der Waals surface area contributed by atoms with E-state index in [1.165, 1.54) is 28.6 Å². The van der Waals surface area contributed by atoms with Crippen LogP contribution in [0.5, 0.6) is 0 Å². The molecule has 0 saturated carbocycles. The third-order valence-electron chi connectivity index (χ3n) is 5.26. The molecule has 32 heavy (non-hydrogen) atoms. The molecule has 0 radical (unpaired) electrons. The second kappa shape index (κ2) is 7.74. The summed E-state index contributed by atoms with van der Waals surface area (Å²) in [6.07, 6.45) is 0.325. The fraction of sp³-hybridized carbons (Fsp3) is 0.316. The molecule has 2 aliphatic rings. The van der Waals surface area contributed by atoms with Gasteiger partial charge in [-0.25, -0.2) is 29.6 Å². The van der Waals surface area contributed by atoms with Gasteiger partial charge in [0.25, 0.3) is 10.0 Å². The number of amides is 1. The van der Waals surface area contributed by atoms with Gasteiger partial charge in [0.2, 0.25) is 26.0 Å². The zero-order valence-electron chi connectivity index (χ0n) is 17.1. The molecular weight excluding hydrogens is 478 g/mol. The predicted octanol–water partition coefficient (Wildman–Crippen LogP) is 1.40. The summed E-state index contributed by atoms with van der Waals surface area (Å²) in [4.78, 5) is 11.9. The first-order chi connectivity index (χ1) is 14.9. The quantitative estimate of drug-likeness (QED) is 0.656. The molecule has 2 saturated heterocycles. The molecule has 0 unspecified atom stereocenters. The molecule has 10 nitrogen and oxygen atoms in total. The van der Waals surface area contributed by atoms with Crippen molar-refractivity contribution in [1.82, 2.24) is 0 Å². The molecule has 2 aromatic carbocycles. The monoisotopic (exact) mass is 499 g/mol. The summed E-state index contributed by atoms with van der Waals surface area (Å²) < 4.78 is 79.2. The van der Waals surface area contributed by atoms with Gasteiger partial charge in [-0.3, -0.25) is 13.8 Å². The maximum absolute atomic E-state index is 13.1. The van der Waals surface area contributed by atoms with Crippen LogP contribution in [0.3, 0.4) is 0 Å². The zero-order chi connectivity index (χ0) is 23.3. The Morgan fingerprint density at radius 3 is 2.31 bits per heavy atom. The van der Waals surface area contributed by atoms with E-state index in [0.29, 0.717) is 28.5 Å². The van der Waals surface area contributed by atoms with Crippen molar-refractivity contribution in [3.8, 4) is 0 Å². The maximum Gasteiger partial charge on any atom is 0.262 e. The molecule has 1 N–H and O–H groups in total. The number of nitrogens with one attached hydrogen (secondary N) is 1. The van der Waals surface area contributed by atoms with Crippen LogP contribution in [-0.4, -0.2) is 49.2 Å². The van der Waals surface area contributed by atoms with Gasteiger partial charge in [-0.2, -0.15) is 0 Å². The average Bonchev–Trinajstić information content (AvgIpc) is 3.19. The van der Waals surface area contributed by atoms with Crippen LogP contribution in [0.25, 0.3) is 0 Å². The van der Waals surface area contributed by atoms with Crippen LogP contribution in [0, 0.1) is 6.92 Å². The SMILES string of the molecule is Cc1ccc(N2C(=O)CCS2(=O)=O)cc1S(=O)(=O)Nc1cccc(N2CCCS2(=O)=O)c1. The average molecular weight is 500 g/mol. The molecule has 4 rings (SSSR count). The third kappa shape index (κ3) is 4.07. The van der Waals surface area contributed by atoms with Gasteiger partial charge in [0.1, 0.15) is 0 Å². The normalized spacial score (nSPS) is 20.0. The first-order valence-electron chi connectivity index (χ1n) is 9.70. The Balaban J connectivity index is 1.68. The molecular formula is C19H21N3O7S3. The van der Waals surface area contributed by atoms with Gasteiger partial charge in [0.05, 0.1) is 33.5 Å².